The number of anilines is 4. The fourth-order valence-corrected chi connectivity index (χ4v) is 5.09. The quantitative estimate of drug-likeness (QED) is 0.114. The Morgan fingerprint density at radius 2 is 1.32 bits per heavy atom. The first-order valence-electron chi connectivity index (χ1n) is 13.8. The molecule has 2 fully saturated rings. The number of hydrogen-bond acceptors (Lipinski definition) is 13. The van der Waals surface area contributed by atoms with Crippen LogP contribution in [-0.4, -0.2) is 86.4 Å². The standard InChI is InChI=1S/C14H21BrN4O3.C12H17BrN4O2/c1-2-22-12(21)8-17-13-14(19-11(15)7-16-13)18-9-3-5-10(20)6-4-9;13-10-7-15-11(14-5-6-18)12(17-10)16-8-1-3-9(19)4-2-8/h7,9-10,20H,2-6,8H2,1H3,(H,16,17)(H,18,19);6-9,19H,1-5H2,(H,14,15)(H,16,17)/i12+1;5+1,6+1. The molecule has 15 heteroatoms. The van der Waals surface area contributed by atoms with Crippen molar-refractivity contribution in [3.8, 4) is 0 Å². The number of aliphatic hydroxyl groups is 2. The molecule has 0 saturated heterocycles. The topological polar surface area (TPSA) is 184 Å². The van der Waals surface area contributed by atoms with E-state index in [9.17, 15) is 19.8 Å². The van der Waals surface area contributed by atoms with Crippen LogP contribution in [0.3, 0.4) is 0 Å². The Morgan fingerprint density at radius 1 is 0.854 bits per heavy atom. The van der Waals surface area contributed by atoms with Crippen molar-refractivity contribution in [3.05, 3.63) is 21.6 Å². The number of nitrogens with one attached hydrogen (secondary N) is 4. The van der Waals surface area contributed by atoms with Gasteiger partial charge in [0.05, 0.1) is 37.8 Å². The number of hydrogen-bond donors (Lipinski definition) is 6. The van der Waals surface area contributed by atoms with Gasteiger partial charge in [0, 0.05) is 12.1 Å². The number of halogens is 2. The summed E-state index contributed by atoms with van der Waals surface area (Å²) in [7, 11) is 0. The van der Waals surface area contributed by atoms with Gasteiger partial charge < -0.3 is 41.0 Å². The first kappa shape index (κ1) is 32.9. The second-order valence-electron chi connectivity index (χ2n) is 9.79. The lowest BCUT2D eigenvalue weighted by Gasteiger charge is -2.27. The van der Waals surface area contributed by atoms with Crippen LogP contribution in [0.2, 0.25) is 0 Å². The van der Waals surface area contributed by atoms with Crippen molar-refractivity contribution in [1.82, 2.24) is 19.9 Å². The third-order valence-electron chi connectivity index (χ3n) is 6.62. The van der Waals surface area contributed by atoms with Crippen molar-refractivity contribution in [2.75, 3.05) is 41.0 Å². The maximum atomic E-state index is 11.4. The summed E-state index contributed by atoms with van der Waals surface area (Å²) in [6.07, 6.45) is 10.3. The zero-order chi connectivity index (χ0) is 29.6. The van der Waals surface area contributed by atoms with Gasteiger partial charge in [0.15, 0.2) is 23.3 Å². The van der Waals surface area contributed by atoms with Crippen LogP contribution < -0.4 is 21.3 Å². The van der Waals surface area contributed by atoms with E-state index < -0.39 is 0 Å². The van der Waals surface area contributed by atoms with E-state index in [4.69, 9.17) is 4.74 Å². The molecule has 0 amide bonds. The Hall–Kier alpha value is -2.62. The van der Waals surface area contributed by atoms with Crippen LogP contribution in [0.5, 0.6) is 0 Å². The van der Waals surface area contributed by atoms with Crippen LogP contribution in [-0.2, 0) is 14.3 Å². The van der Waals surface area contributed by atoms with E-state index in [0.29, 0.717) is 39.1 Å². The number of carbonyl (C=O) groups excluding carboxylic acids is 2. The molecule has 4 rings (SSSR count). The lowest BCUT2D eigenvalue weighted by Crippen LogP contribution is -2.29. The van der Waals surface area contributed by atoms with E-state index in [1.807, 2.05) is 0 Å². The summed E-state index contributed by atoms with van der Waals surface area (Å²) in [6, 6.07) is 0.527. The molecule has 41 heavy (non-hydrogen) atoms. The predicted octanol–water partition coefficient (Wildman–Crippen LogP) is 3.49. The number of rotatable bonds is 11. The fraction of sp³-hybridized carbons (Fsp3) is 0.615. The molecule has 0 bridgehead atoms. The number of nitrogens with zero attached hydrogens (tertiary/aromatic N) is 4. The normalized spacial score (nSPS) is 22.0. The molecule has 0 atom stereocenters. The SMILES string of the molecule is CCO[13C](=O)CNc1ncc(Br)nc1NC1CCC(O)CC1.O=[13CH][13CH2]Nc1ncc(Br)nc1NC1CCC(O)CC1. The second kappa shape index (κ2) is 17.4. The summed E-state index contributed by atoms with van der Waals surface area (Å²) >= 11 is 6.59. The molecule has 2 aromatic heterocycles. The number of esters is 1. The lowest BCUT2D eigenvalue weighted by molar-refractivity contribution is -0.140. The Kier molecular flexibility index (Phi) is 13.9. The first-order valence-corrected chi connectivity index (χ1v) is 15.4. The van der Waals surface area contributed by atoms with Gasteiger partial charge in [0.2, 0.25) is 0 Å². The van der Waals surface area contributed by atoms with Crippen molar-refractivity contribution in [3.63, 3.8) is 0 Å². The van der Waals surface area contributed by atoms with Gasteiger partial charge in [-0.2, -0.15) is 0 Å². The zero-order valence-electron chi connectivity index (χ0n) is 23.0. The van der Waals surface area contributed by atoms with Crippen LogP contribution in [0.4, 0.5) is 23.3 Å². The van der Waals surface area contributed by atoms with Gasteiger partial charge >= 0.3 is 5.97 Å². The third kappa shape index (κ3) is 11.6. The molecule has 2 heterocycles. The van der Waals surface area contributed by atoms with Crippen LogP contribution in [0.15, 0.2) is 21.6 Å². The van der Waals surface area contributed by atoms with Crippen molar-refractivity contribution < 1.29 is 24.5 Å². The Bertz CT molecular complexity index is 1120. The van der Waals surface area contributed by atoms with Gasteiger partial charge in [-0.15, -0.1) is 0 Å². The van der Waals surface area contributed by atoms with Crippen LogP contribution in [0.1, 0.15) is 58.3 Å². The molecule has 6 N–H and O–H groups in total. The highest BCUT2D eigenvalue weighted by atomic mass is 79.9. The molecular weight excluding hydrogens is 667 g/mol. The van der Waals surface area contributed by atoms with E-state index >= 15 is 0 Å². The summed E-state index contributed by atoms with van der Waals surface area (Å²) in [5.74, 6) is 1.99. The smallest absolute Gasteiger partial charge is 0.325 e. The number of aldehydes is 1. The van der Waals surface area contributed by atoms with E-state index in [1.54, 1.807) is 19.3 Å². The van der Waals surface area contributed by atoms with Gasteiger partial charge in [-0.1, -0.05) is 0 Å². The summed E-state index contributed by atoms with van der Waals surface area (Å²) in [5, 5.41) is 31.6. The predicted molar refractivity (Wildman–Crippen MR) is 163 cm³/mol. The van der Waals surface area contributed by atoms with Crippen molar-refractivity contribution in [1.29, 1.82) is 0 Å². The molecule has 13 nitrogen and oxygen atoms in total. The molecular formula is C26H38Br2N8O5. The molecule has 226 valence electrons. The van der Waals surface area contributed by atoms with Gasteiger partial charge in [-0.25, -0.2) is 19.9 Å². The van der Waals surface area contributed by atoms with Crippen LogP contribution in [0.25, 0.3) is 0 Å². The van der Waals surface area contributed by atoms with Crippen molar-refractivity contribution in [2.45, 2.75) is 82.6 Å². The molecule has 0 aliphatic heterocycles. The van der Waals surface area contributed by atoms with Crippen molar-refractivity contribution in [2.24, 2.45) is 0 Å². The van der Waals surface area contributed by atoms with Gasteiger partial charge in [0.1, 0.15) is 22.0 Å². The molecule has 0 radical (unpaired) electrons. The maximum Gasteiger partial charge on any atom is 0.325 e. The summed E-state index contributed by atoms with van der Waals surface area (Å²) < 4.78 is 6.14. The number of carbonyl (C=O) groups is 2. The first-order chi connectivity index (χ1) is 19.8. The fourth-order valence-electron chi connectivity index (χ4n) is 4.53. The Balaban J connectivity index is 0.000000228. The Labute approximate surface area is 256 Å². The monoisotopic (exact) mass is 703 g/mol. The minimum Gasteiger partial charge on any atom is -0.465 e. The molecule has 0 spiro atoms. The minimum atomic E-state index is -0.334. The largest absolute Gasteiger partial charge is 0.465 e. The van der Waals surface area contributed by atoms with Crippen LogP contribution in [0, 0.1) is 0 Å². The molecule has 0 aromatic carbocycles. The highest BCUT2D eigenvalue weighted by molar-refractivity contribution is 9.10. The number of aliphatic hydroxyl groups excluding tert-OH is 2. The second-order valence-corrected chi connectivity index (χ2v) is 11.4. The van der Waals surface area contributed by atoms with Gasteiger partial charge in [-0.05, 0) is 90.2 Å². The molecule has 2 aliphatic carbocycles. The highest BCUT2D eigenvalue weighted by Gasteiger charge is 2.22. The number of aromatic nitrogens is 4. The molecule has 0 unspecified atom stereocenters. The summed E-state index contributed by atoms with van der Waals surface area (Å²) in [4.78, 5) is 39.0. The highest BCUT2D eigenvalue weighted by Crippen LogP contribution is 2.26. The average Bonchev–Trinajstić information content (AvgIpc) is 2.95. The van der Waals surface area contributed by atoms with Crippen LogP contribution >= 0.6 is 31.9 Å². The molecule has 2 aromatic rings. The van der Waals surface area contributed by atoms with Gasteiger partial charge in [-0.3, -0.25) is 4.79 Å². The van der Waals surface area contributed by atoms with E-state index in [-0.39, 0.29) is 43.4 Å². The molecule has 2 aliphatic rings. The van der Waals surface area contributed by atoms with E-state index in [2.05, 4.69) is 73.1 Å². The summed E-state index contributed by atoms with van der Waals surface area (Å²) in [5.41, 5.74) is 0. The Morgan fingerprint density at radius 3 is 1.76 bits per heavy atom. The maximum absolute atomic E-state index is 11.4. The minimum absolute atomic E-state index is 0.0439. The number of ether oxygens (including phenoxy) is 1. The molecule has 2 saturated carbocycles. The van der Waals surface area contributed by atoms with E-state index in [0.717, 1.165) is 57.7 Å². The lowest BCUT2D eigenvalue weighted by atomic mass is 9.93. The average molecular weight is 705 g/mol. The van der Waals surface area contributed by atoms with Gasteiger partial charge in [0.25, 0.3) is 0 Å². The third-order valence-corrected chi connectivity index (χ3v) is 7.38. The van der Waals surface area contributed by atoms with E-state index in [1.165, 1.54) is 0 Å². The van der Waals surface area contributed by atoms with Crippen molar-refractivity contribution >= 4 is 67.4 Å². The summed E-state index contributed by atoms with van der Waals surface area (Å²) in [6.45, 7) is 2.36. The zero-order valence-corrected chi connectivity index (χ0v) is 26.2.